The van der Waals surface area contributed by atoms with E-state index in [4.69, 9.17) is 4.74 Å². The highest BCUT2D eigenvalue weighted by molar-refractivity contribution is 5.53. The lowest BCUT2D eigenvalue weighted by Crippen LogP contribution is -2.34. The molecule has 2 saturated heterocycles. The Morgan fingerprint density at radius 1 is 1.33 bits per heavy atom. The van der Waals surface area contributed by atoms with Crippen LogP contribution in [0.3, 0.4) is 0 Å². The average molecular weight is 368 g/mol. The Labute approximate surface area is 155 Å². The third-order valence-corrected chi connectivity index (χ3v) is 5.70. The molecule has 3 aromatic rings. The highest BCUT2D eigenvalue weighted by Crippen LogP contribution is 2.32. The number of rotatable bonds is 3. The molecule has 5 rings (SSSR count). The minimum atomic E-state index is -0.298. The summed E-state index contributed by atoms with van der Waals surface area (Å²) in [6.45, 7) is 3.91. The molecule has 27 heavy (non-hydrogen) atoms. The molecule has 2 aliphatic rings. The maximum atomic E-state index is 13.5. The smallest absolute Gasteiger partial charge is 0.277 e. The Kier molecular flexibility index (Phi) is 3.79. The number of benzene rings is 1. The van der Waals surface area contributed by atoms with Gasteiger partial charge in [-0.25, -0.2) is 9.37 Å². The largest absolute Gasteiger partial charge is 0.376 e. The van der Waals surface area contributed by atoms with Crippen molar-refractivity contribution in [3.63, 3.8) is 0 Å². The van der Waals surface area contributed by atoms with E-state index in [2.05, 4.69) is 9.88 Å². The first-order valence-electron chi connectivity index (χ1n) is 9.32. The van der Waals surface area contributed by atoms with Crippen LogP contribution in [0.1, 0.15) is 24.1 Å². The van der Waals surface area contributed by atoms with Crippen molar-refractivity contribution < 1.29 is 9.13 Å². The van der Waals surface area contributed by atoms with Gasteiger partial charge in [0.25, 0.3) is 5.56 Å². The molecule has 0 spiro atoms. The number of aromatic nitrogens is 3. The normalized spacial score (nSPS) is 21.9. The lowest BCUT2D eigenvalue weighted by atomic mass is 10.1. The second-order valence-electron chi connectivity index (χ2n) is 7.35. The molecule has 0 unspecified atom stereocenters. The molecule has 4 heterocycles. The predicted molar refractivity (Wildman–Crippen MR) is 99.8 cm³/mol. The van der Waals surface area contributed by atoms with E-state index >= 15 is 0 Å². The summed E-state index contributed by atoms with van der Waals surface area (Å²) in [7, 11) is 0. The van der Waals surface area contributed by atoms with Crippen LogP contribution in [0.2, 0.25) is 0 Å². The van der Waals surface area contributed by atoms with Crippen molar-refractivity contribution in [3.8, 4) is 0 Å². The highest BCUT2D eigenvalue weighted by Gasteiger charge is 2.40. The predicted octanol–water partition coefficient (Wildman–Crippen LogP) is 2.36. The maximum absolute atomic E-state index is 13.5. The van der Waals surface area contributed by atoms with Crippen LogP contribution in [-0.2, 0) is 11.3 Å². The summed E-state index contributed by atoms with van der Waals surface area (Å²) in [5.74, 6) is 0.509. The second kappa shape index (κ2) is 6.20. The van der Waals surface area contributed by atoms with Gasteiger partial charge in [0.15, 0.2) is 0 Å². The van der Waals surface area contributed by atoms with E-state index in [9.17, 15) is 9.18 Å². The fourth-order valence-electron chi connectivity index (χ4n) is 4.37. The van der Waals surface area contributed by atoms with Gasteiger partial charge >= 0.3 is 0 Å². The highest BCUT2D eigenvalue weighted by atomic mass is 19.1. The van der Waals surface area contributed by atoms with Gasteiger partial charge in [-0.15, -0.1) is 0 Å². The Hall–Kier alpha value is -2.67. The molecule has 140 valence electrons. The van der Waals surface area contributed by atoms with Gasteiger partial charge in [0.05, 0.1) is 24.9 Å². The zero-order valence-electron chi connectivity index (χ0n) is 15.1. The molecule has 1 aromatic carbocycles. The molecule has 0 amide bonds. The molecule has 0 saturated carbocycles. The lowest BCUT2D eigenvalue weighted by molar-refractivity contribution is 0.113. The number of halogens is 1. The van der Waals surface area contributed by atoms with E-state index in [1.165, 1.54) is 12.1 Å². The summed E-state index contributed by atoms with van der Waals surface area (Å²) >= 11 is 0. The van der Waals surface area contributed by atoms with Crippen LogP contribution in [0.4, 0.5) is 10.3 Å². The summed E-state index contributed by atoms with van der Waals surface area (Å²) in [6, 6.07) is 6.69. The SMILES string of the molecule is Cc1cn2c(N3CC[C@H]4OCC[C@H]43)ncc2c(=O)n1Cc1cccc(F)c1. The van der Waals surface area contributed by atoms with Crippen LogP contribution in [0.25, 0.3) is 5.52 Å². The van der Waals surface area contributed by atoms with Crippen molar-refractivity contribution in [1.82, 2.24) is 14.0 Å². The minimum Gasteiger partial charge on any atom is -0.376 e. The van der Waals surface area contributed by atoms with Crippen molar-refractivity contribution in [2.24, 2.45) is 0 Å². The lowest BCUT2D eigenvalue weighted by Gasteiger charge is -2.23. The van der Waals surface area contributed by atoms with Gasteiger partial charge in [0.2, 0.25) is 5.95 Å². The fraction of sp³-hybridized carbons (Fsp3) is 0.400. The van der Waals surface area contributed by atoms with Crippen LogP contribution < -0.4 is 10.5 Å². The zero-order valence-corrected chi connectivity index (χ0v) is 15.1. The molecule has 2 atom stereocenters. The van der Waals surface area contributed by atoms with Gasteiger partial charge in [-0.3, -0.25) is 9.20 Å². The number of hydrogen-bond acceptors (Lipinski definition) is 4. The average Bonchev–Trinajstić information content (AvgIpc) is 3.34. The van der Waals surface area contributed by atoms with Gasteiger partial charge in [-0.2, -0.15) is 0 Å². The van der Waals surface area contributed by atoms with E-state index in [0.717, 1.165) is 43.2 Å². The molecule has 0 N–H and O–H groups in total. The molecular formula is C20H21FN4O2. The van der Waals surface area contributed by atoms with Crippen molar-refractivity contribution in [3.05, 3.63) is 64.1 Å². The first-order valence-corrected chi connectivity index (χ1v) is 9.32. The zero-order chi connectivity index (χ0) is 18.5. The monoisotopic (exact) mass is 368 g/mol. The van der Waals surface area contributed by atoms with E-state index < -0.39 is 0 Å². The number of aryl methyl sites for hydroxylation is 1. The van der Waals surface area contributed by atoms with Crippen LogP contribution in [-0.4, -0.2) is 39.2 Å². The quantitative estimate of drug-likeness (QED) is 0.712. The molecule has 2 aromatic heterocycles. The summed E-state index contributed by atoms with van der Waals surface area (Å²) in [5.41, 5.74) is 2.00. The summed E-state index contributed by atoms with van der Waals surface area (Å²) in [4.78, 5) is 19.9. The number of hydrogen-bond donors (Lipinski definition) is 0. The Bertz CT molecular complexity index is 1070. The molecule has 2 fully saturated rings. The number of fused-ring (bicyclic) bond motifs is 2. The summed E-state index contributed by atoms with van der Waals surface area (Å²) in [5, 5.41) is 0. The molecule has 0 aliphatic carbocycles. The van der Waals surface area contributed by atoms with Crippen molar-refractivity contribution in [1.29, 1.82) is 0 Å². The third-order valence-electron chi connectivity index (χ3n) is 5.70. The van der Waals surface area contributed by atoms with Crippen LogP contribution >= 0.6 is 0 Å². The fourth-order valence-corrected chi connectivity index (χ4v) is 4.37. The van der Waals surface area contributed by atoms with Gasteiger partial charge in [-0.1, -0.05) is 12.1 Å². The summed E-state index contributed by atoms with van der Waals surface area (Å²) in [6.07, 6.45) is 5.85. The minimum absolute atomic E-state index is 0.114. The number of anilines is 1. The second-order valence-corrected chi connectivity index (χ2v) is 7.35. The molecule has 6 nitrogen and oxygen atoms in total. The molecule has 0 radical (unpaired) electrons. The van der Waals surface area contributed by atoms with E-state index in [1.807, 2.05) is 23.6 Å². The van der Waals surface area contributed by atoms with Crippen molar-refractivity contribution in [2.75, 3.05) is 18.1 Å². The topological polar surface area (TPSA) is 51.8 Å². The van der Waals surface area contributed by atoms with Gasteiger partial charge in [-0.05, 0) is 37.5 Å². The van der Waals surface area contributed by atoms with Crippen molar-refractivity contribution in [2.45, 2.75) is 38.5 Å². The number of imidazole rings is 1. The third kappa shape index (κ3) is 2.65. The molecule has 2 aliphatic heterocycles. The first-order chi connectivity index (χ1) is 13.1. The van der Waals surface area contributed by atoms with Gasteiger partial charge in [0, 0.05) is 25.0 Å². The Morgan fingerprint density at radius 3 is 3.07 bits per heavy atom. The number of nitrogens with zero attached hydrogens (tertiary/aromatic N) is 4. The van der Waals surface area contributed by atoms with Gasteiger partial charge in [0.1, 0.15) is 11.3 Å². The van der Waals surface area contributed by atoms with Crippen LogP contribution in [0, 0.1) is 12.7 Å². The van der Waals surface area contributed by atoms with E-state index in [0.29, 0.717) is 18.1 Å². The Morgan fingerprint density at radius 2 is 2.22 bits per heavy atom. The van der Waals surface area contributed by atoms with Crippen molar-refractivity contribution >= 4 is 11.5 Å². The maximum Gasteiger partial charge on any atom is 0.277 e. The molecule has 7 heteroatoms. The van der Waals surface area contributed by atoms with E-state index in [1.54, 1.807) is 16.8 Å². The summed E-state index contributed by atoms with van der Waals surface area (Å²) < 4.78 is 22.8. The van der Waals surface area contributed by atoms with E-state index in [-0.39, 0.29) is 17.5 Å². The molecular weight excluding hydrogens is 347 g/mol. The standard InChI is InChI=1S/C20H21FN4O2/c1-13-11-25-17(19(26)24(13)12-14-3-2-4-15(21)9-14)10-22-20(25)23-7-5-18-16(23)6-8-27-18/h2-4,9-11,16,18H,5-8,12H2,1H3/t16-,18-/m1/s1. The molecule has 0 bridgehead atoms. The Balaban J connectivity index is 1.56. The van der Waals surface area contributed by atoms with Crippen LogP contribution in [0.15, 0.2) is 41.5 Å². The van der Waals surface area contributed by atoms with Gasteiger partial charge < -0.3 is 14.2 Å². The first kappa shape index (κ1) is 16.5. The number of ether oxygens (including phenoxy) is 1. The van der Waals surface area contributed by atoms with Crippen LogP contribution in [0.5, 0.6) is 0 Å².